The summed E-state index contributed by atoms with van der Waals surface area (Å²) in [4.78, 5) is 0. The molecule has 1 heterocycles. The second kappa shape index (κ2) is 6.46. The van der Waals surface area contributed by atoms with Crippen LogP contribution in [0.5, 0.6) is 0 Å². The van der Waals surface area contributed by atoms with Gasteiger partial charge in [0.15, 0.2) is 0 Å². The number of benzene rings is 1. The van der Waals surface area contributed by atoms with E-state index in [9.17, 15) is 12.8 Å². The maximum Gasteiger partial charge on any atom is 0.295 e. The Hall–Kier alpha value is -1.57. The molecule has 1 aromatic carbocycles. The van der Waals surface area contributed by atoms with Gasteiger partial charge in [0.25, 0.3) is 10.0 Å². The summed E-state index contributed by atoms with van der Waals surface area (Å²) in [5.41, 5.74) is -0.191. The number of furan rings is 1. The van der Waals surface area contributed by atoms with E-state index in [-0.39, 0.29) is 15.8 Å². The Bertz CT molecular complexity index is 731. The first-order valence-corrected chi connectivity index (χ1v) is 8.06. The third-order valence-corrected chi connectivity index (χ3v) is 4.10. The van der Waals surface area contributed by atoms with Crippen LogP contribution in [0.3, 0.4) is 0 Å². The smallest absolute Gasteiger partial charge is 0.295 e. The van der Waals surface area contributed by atoms with Gasteiger partial charge < -0.3 is 9.73 Å². The molecule has 0 unspecified atom stereocenters. The molecule has 0 aliphatic carbocycles. The molecule has 0 fully saturated rings. The van der Waals surface area contributed by atoms with E-state index in [1.807, 2.05) is 6.92 Å². The van der Waals surface area contributed by atoms with Crippen LogP contribution < -0.4 is 10.0 Å². The van der Waals surface area contributed by atoms with E-state index in [4.69, 9.17) is 16.0 Å². The number of nitrogens with one attached hydrogen (secondary N) is 2. The van der Waals surface area contributed by atoms with Crippen molar-refractivity contribution in [2.24, 2.45) is 0 Å². The number of halogens is 2. The van der Waals surface area contributed by atoms with E-state index in [1.54, 1.807) is 6.07 Å². The lowest BCUT2D eigenvalue weighted by molar-refractivity contribution is 0.405. The van der Waals surface area contributed by atoms with Crippen molar-refractivity contribution in [2.45, 2.75) is 18.6 Å². The maximum absolute atomic E-state index is 13.6. The molecule has 21 heavy (non-hydrogen) atoms. The van der Waals surface area contributed by atoms with Gasteiger partial charge >= 0.3 is 0 Å². The third-order valence-electron chi connectivity index (χ3n) is 2.63. The lowest BCUT2D eigenvalue weighted by Gasteiger charge is -2.07. The molecule has 2 N–H and O–H groups in total. The number of hydrogen-bond donors (Lipinski definition) is 2. The van der Waals surface area contributed by atoms with Gasteiger partial charge in [-0.25, -0.2) is 4.39 Å². The van der Waals surface area contributed by atoms with Crippen LogP contribution in [0.15, 0.2) is 39.8 Å². The van der Waals surface area contributed by atoms with E-state index in [0.29, 0.717) is 12.3 Å². The molecule has 0 amide bonds. The van der Waals surface area contributed by atoms with Gasteiger partial charge in [-0.15, -0.1) is 0 Å². The van der Waals surface area contributed by atoms with Crippen molar-refractivity contribution in [3.8, 4) is 0 Å². The summed E-state index contributed by atoms with van der Waals surface area (Å²) in [7, 11) is -3.98. The van der Waals surface area contributed by atoms with E-state index in [1.165, 1.54) is 18.2 Å². The van der Waals surface area contributed by atoms with Crippen molar-refractivity contribution in [3.63, 3.8) is 0 Å². The quantitative estimate of drug-likeness (QED) is 0.853. The zero-order valence-corrected chi connectivity index (χ0v) is 12.8. The van der Waals surface area contributed by atoms with Crippen LogP contribution in [0, 0.1) is 5.82 Å². The van der Waals surface area contributed by atoms with E-state index < -0.39 is 15.8 Å². The first-order valence-electron chi connectivity index (χ1n) is 6.19. The first kappa shape index (κ1) is 15.8. The molecule has 0 bridgehead atoms. The normalized spacial score (nSPS) is 11.6. The third kappa shape index (κ3) is 3.96. The molecule has 0 saturated carbocycles. The van der Waals surface area contributed by atoms with Crippen LogP contribution in [0.25, 0.3) is 0 Å². The number of rotatable bonds is 6. The maximum atomic E-state index is 13.6. The number of anilines is 1. The topological polar surface area (TPSA) is 71.3 Å². The minimum Gasteiger partial charge on any atom is -0.446 e. The molecule has 5 nitrogen and oxygen atoms in total. The number of sulfonamides is 1. The van der Waals surface area contributed by atoms with Crippen LogP contribution in [0.4, 0.5) is 10.1 Å². The zero-order chi connectivity index (χ0) is 15.5. The van der Waals surface area contributed by atoms with Crippen molar-refractivity contribution >= 4 is 27.3 Å². The van der Waals surface area contributed by atoms with Crippen LogP contribution in [-0.4, -0.2) is 15.0 Å². The van der Waals surface area contributed by atoms with Crippen LogP contribution in [-0.2, 0) is 16.6 Å². The Morgan fingerprint density at radius 2 is 2.05 bits per heavy atom. The minimum absolute atomic E-state index is 0.182. The van der Waals surface area contributed by atoms with Crippen molar-refractivity contribution in [2.75, 3.05) is 11.3 Å². The van der Waals surface area contributed by atoms with Gasteiger partial charge in [0, 0.05) is 5.02 Å². The first-order chi connectivity index (χ1) is 9.92. The lowest BCUT2D eigenvalue weighted by Crippen LogP contribution is -2.13. The molecule has 2 aromatic rings. The highest BCUT2D eigenvalue weighted by Gasteiger charge is 2.20. The van der Waals surface area contributed by atoms with Gasteiger partial charge in [-0.1, -0.05) is 18.5 Å². The van der Waals surface area contributed by atoms with Gasteiger partial charge in [0.1, 0.15) is 11.6 Å². The highest BCUT2D eigenvalue weighted by molar-refractivity contribution is 7.92. The number of hydrogen-bond acceptors (Lipinski definition) is 4. The molecule has 114 valence electrons. The summed E-state index contributed by atoms with van der Waals surface area (Å²) in [5.74, 6) is -0.278. The minimum atomic E-state index is -3.98. The standard InChI is InChI=1S/C13H14ClFN2O3S/c1-2-16-8-10-4-6-13(20-10)21(18,19)17-12-5-3-9(14)7-11(12)15/h3-7,16-17H,2,8H2,1H3. The van der Waals surface area contributed by atoms with Gasteiger partial charge in [-0.3, -0.25) is 4.72 Å². The fraction of sp³-hybridized carbons (Fsp3) is 0.231. The summed E-state index contributed by atoms with van der Waals surface area (Å²) < 4.78 is 45.2. The monoisotopic (exact) mass is 332 g/mol. The summed E-state index contributed by atoms with van der Waals surface area (Å²) in [6.07, 6.45) is 0. The van der Waals surface area contributed by atoms with Crippen molar-refractivity contribution in [1.82, 2.24) is 5.32 Å². The molecule has 0 atom stereocenters. The fourth-order valence-corrected chi connectivity index (χ4v) is 2.79. The Balaban J connectivity index is 2.19. The van der Waals surface area contributed by atoms with E-state index >= 15 is 0 Å². The fourth-order valence-electron chi connectivity index (χ4n) is 1.61. The van der Waals surface area contributed by atoms with Crippen molar-refractivity contribution in [3.05, 3.63) is 46.9 Å². The van der Waals surface area contributed by atoms with Gasteiger partial charge in [0.05, 0.1) is 12.2 Å². The summed E-state index contributed by atoms with van der Waals surface area (Å²) >= 11 is 5.61. The molecule has 0 aliphatic heterocycles. The van der Waals surface area contributed by atoms with E-state index in [0.717, 1.165) is 12.6 Å². The molecule has 0 aliphatic rings. The van der Waals surface area contributed by atoms with Crippen molar-refractivity contribution in [1.29, 1.82) is 0 Å². The van der Waals surface area contributed by atoms with E-state index in [2.05, 4.69) is 10.0 Å². The summed E-state index contributed by atoms with van der Waals surface area (Å²) in [5, 5.41) is 2.92. The lowest BCUT2D eigenvalue weighted by atomic mass is 10.3. The average Bonchev–Trinajstić information content (AvgIpc) is 2.89. The van der Waals surface area contributed by atoms with Gasteiger partial charge in [-0.05, 0) is 36.9 Å². The Kier molecular flexibility index (Phi) is 4.87. The van der Waals surface area contributed by atoms with Crippen LogP contribution >= 0.6 is 11.6 Å². The van der Waals surface area contributed by atoms with Crippen LogP contribution in [0.2, 0.25) is 5.02 Å². The molecule has 1 aromatic heterocycles. The second-order valence-corrected chi connectivity index (χ2v) is 6.28. The predicted octanol–water partition coefficient (Wildman–Crippen LogP) is 2.98. The molecule has 0 saturated heterocycles. The SMILES string of the molecule is CCNCc1ccc(S(=O)(=O)Nc2ccc(Cl)cc2F)o1. The van der Waals surface area contributed by atoms with Gasteiger partial charge in [0.2, 0.25) is 5.09 Å². The zero-order valence-electron chi connectivity index (χ0n) is 11.2. The Morgan fingerprint density at radius 3 is 2.71 bits per heavy atom. The Labute approximate surface area is 127 Å². The second-order valence-electron chi connectivity index (χ2n) is 4.23. The van der Waals surface area contributed by atoms with Crippen LogP contribution in [0.1, 0.15) is 12.7 Å². The molecule has 8 heteroatoms. The Morgan fingerprint density at radius 1 is 1.29 bits per heavy atom. The highest BCUT2D eigenvalue weighted by atomic mass is 35.5. The van der Waals surface area contributed by atoms with Crippen molar-refractivity contribution < 1.29 is 17.2 Å². The van der Waals surface area contributed by atoms with Gasteiger partial charge in [-0.2, -0.15) is 8.42 Å². The predicted molar refractivity (Wildman–Crippen MR) is 78.3 cm³/mol. The molecular formula is C13H14ClFN2O3S. The highest BCUT2D eigenvalue weighted by Crippen LogP contribution is 2.23. The molecular weight excluding hydrogens is 319 g/mol. The largest absolute Gasteiger partial charge is 0.446 e. The average molecular weight is 333 g/mol. The molecule has 0 radical (unpaired) electrons. The molecule has 2 rings (SSSR count). The molecule has 0 spiro atoms. The summed E-state index contributed by atoms with van der Waals surface area (Å²) in [6.45, 7) is 3.07. The summed E-state index contributed by atoms with van der Waals surface area (Å²) in [6, 6.07) is 6.54.